The summed E-state index contributed by atoms with van der Waals surface area (Å²) in [6.07, 6.45) is 1.35. The summed E-state index contributed by atoms with van der Waals surface area (Å²) >= 11 is 0. The van der Waals surface area contributed by atoms with Gasteiger partial charge in [0.25, 0.3) is 0 Å². The summed E-state index contributed by atoms with van der Waals surface area (Å²) in [5, 5.41) is -0.182. The second-order valence-electron chi connectivity index (χ2n) is 6.35. The van der Waals surface area contributed by atoms with Crippen LogP contribution in [0.25, 0.3) is 0 Å². The lowest BCUT2D eigenvalue weighted by Crippen LogP contribution is -2.18. The first-order valence-corrected chi connectivity index (χ1v) is 9.14. The maximum absolute atomic E-state index is 13.6. The maximum atomic E-state index is 13.6. The van der Waals surface area contributed by atoms with E-state index in [1.54, 1.807) is 0 Å². The Bertz CT molecular complexity index is 536. The molecular formula is C18H23OP. The Kier molecular flexibility index (Phi) is 4.50. The second kappa shape index (κ2) is 5.97. The first-order valence-electron chi connectivity index (χ1n) is 7.07. The van der Waals surface area contributed by atoms with Crippen LogP contribution in [0.5, 0.6) is 0 Å². The van der Waals surface area contributed by atoms with Gasteiger partial charge in [0.1, 0.15) is 7.14 Å². The lowest BCUT2D eigenvalue weighted by atomic mass is 10.2. The Labute approximate surface area is 122 Å². The molecule has 2 aromatic carbocycles. The van der Waals surface area contributed by atoms with E-state index in [4.69, 9.17) is 0 Å². The van der Waals surface area contributed by atoms with Gasteiger partial charge in [-0.25, -0.2) is 0 Å². The van der Waals surface area contributed by atoms with Gasteiger partial charge in [-0.2, -0.15) is 0 Å². The molecule has 0 bridgehead atoms. The molecule has 0 fully saturated rings. The van der Waals surface area contributed by atoms with E-state index in [1.807, 2.05) is 36.4 Å². The quantitative estimate of drug-likeness (QED) is 0.673. The van der Waals surface area contributed by atoms with Crippen LogP contribution in [0.1, 0.15) is 31.9 Å². The van der Waals surface area contributed by atoms with E-state index in [0.29, 0.717) is 12.3 Å². The van der Waals surface area contributed by atoms with Crippen molar-refractivity contribution in [3.63, 3.8) is 0 Å². The average Bonchev–Trinajstić information content (AvgIpc) is 2.39. The van der Waals surface area contributed by atoms with Gasteiger partial charge in [-0.3, -0.25) is 0 Å². The molecule has 2 aromatic rings. The largest absolute Gasteiger partial charge is 0.322 e. The van der Waals surface area contributed by atoms with Crippen molar-refractivity contribution < 1.29 is 4.57 Å². The van der Waals surface area contributed by atoms with Gasteiger partial charge >= 0.3 is 0 Å². The molecule has 0 atom stereocenters. The van der Waals surface area contributed by atoms with E-state index in [0.717, 1.165) is 0 Å². The Balaban J connectivity index is 2.30. The van der Waals surface area contributed by atoms with E-state index < -0.39 is 7.14 Å². The van der Waals surface area contributed by atoms with Crippen molar-refractivity contribution in [1.82, 2.24) is 0 Å². The van der Waals surface area contributed by atoms with Crippen LogP contribution in [0.15, 0.2) is 60.7 Å². The van der Waals surface area contributed by atoms with Gasteiger partial charge in [0.05, 0.1) is 0 Å². The molecule has 0 N–H and O–H groups in total. The van der Waals surface area contributed by atoms with Crippen molar-refractivity contribution >= 4 is 7.14 Å². The van der Waals surface area contributed by atoms with Crippen LogP contribution < -0.4 is 0 Å². The highest BCUT2D eigenvalue weighted by atomic mass is 31.2. The van der Waals surface area contributed by atoms with E-state index in [2.05, 4.69) is 45.0 Å². The monoisotopic (exact) mass is 286 g/mol. The van der Waals surface area contributed by atoms with Crippen LogP contribution in [0.2, 0.25) is 0 Å². The van der Waals surface area contributed by atoms with E-state index in [9.17, 15) is 4.57 Å². The average molecular weight is 286 g/mol. The van der Waals surface area contributed by atoms with Gasteiger partial charge in [-0.05, 0) is 11.1 Å². The van der Waals surface area contributed by atoms with Gasteiger partial charge in [0, 0.05) is 17.5 Å². The normalized spacial score (nSPS) is 12.3. The molecule has 0 aliphatic heterocycles. The van der Waals surface area contributed by atoms with Gasteiger partial charge in [-0.15, -0.1) is 0 Å². The molecule has 0 unspecified atom stereocenters. The van der Waals surface area contributed by atoms with Crippen LogP contribution in [0, 0.1) is 0 Å². The second-order valence-corrected chi connectivity index (χ2v) is 10.1. The number of rotatable bonds is 4. The van der Waals surface area contributed by atoms with Crippen molar-refractivity contribution in [2.24, 2.45) is 0 Å². The summed E-state index contributed by atoms with van der Waals surface area (Å²) in [6.45, 7) is 6.29. The Hall–Kier alpha value is -1.33. The van der Waals surface area contributed by atoms with Crippen LogP contribution in [-0.2, 0) is 16.9 Å². The smallest absolute Gasteiger partial charge is 0.101 e. The van der Waals surface area contributed by atoms with Crippen LogP contribution in [0.3, 0.4) is 0 Å². The molecule has 20 heavy (non-hydrogen) atoms. The van der Waals surface area contributed by atoms with Crippen LogP contribution >= 0.6 is 7.14 Å². The van der Waals surface area contributed by atoms with Gasteiger partial charge in [0.2, 0.25) is 0 Å². The van der Waals surface area contributed by atoms with E-state index in [-0.39, 0.29) is 5.16 Å². The lowest BCUT2D eigenvalue weighted by Gasteiger charge is -2.32. The molecular weight excluding hydrogens is 263 g/mol. The fraction of sp³-hybridized carbons (Fsp3) is 0.333. The predicted molar refractivity (Wildman–Crippen MR) is 87.7 cm³/mol. The highest BCUT2D eigenvalue weighted by Gasteiger charge is 2.36. The van der Waals surface area contributed by atoms with Crippen molar-refractivity contribution in [1.29, 1.82) is 0 Å². The van der Waals surface area contributed by atoms with E-state index >= 15 is 0 Å². The number of hydrogen-bond donors (Lipinski definition) is 0. The predicted octanol–water partition coefficient (Wildman–Crippen LogP) is 5.55. The van der Waals surface area contributed by atoms with Crippen molar-refractivity contribution in [3.8, 4) is 0 Å². The van der Waals surface area contributed by atoms with E-state index in [1.165, 1.54) is 11.1 Å². The minimum absolute atomic E-state index is 0.182. The summed E-state index contributed by atoms with van der Waals surface area (Å²) in [7, 11) is -2.35. The minimum Gasteiger partial charge on any atom is -0.322 e. The molecule has 0 spiro atoms. The molecule has 2 rings (SSSR count). The molecule has 0 radical (unpaired) electrons. The Morgan fingerprint density at radius 2 is 1.10 bits per heavy atom. The van der Waals surface area contributed by atoms with Crippen LogP contribution in [-0.4, -0.2) is 5.16 Å². The SMILES string of the molecule is CC(C)(C)P(=O)(Cc1ccccc1)Cc1ccccc1. The fourth-order valence-corrected chi connectivity index (χ4v) is 4.95. The maximum Gasteiger partial charge on any atom is 0.101 e. The molecule has 0 saturated carbocycles. The summed E-state index contributed by atoms with van der Waals surface area (Å²) in [4.78, 5) is 0. The Morgan fingerprint density at radius 1 is 0.750 bits per heavy atom. The summed E-state index contributed by atoms with van der Waals surface area (Å²) < 4.78 is 13.6. The standard InChI is InChI=1S/C18H23OP/c1-18(2,3)20(19,14-16-10-6-4-7-11-16)15-17-12-8-5-9-13-17/h4-13H,14-15H2,1-3H3. The minimum atomic E-state index is -2.35. The summed E-state index contributed by atoms with van der Waals surface area (Å²) in [6, 6.07) is 20.4. The third-order valence-corrected chi connectivity index (χ3v) is 7.98. The zero-order valence-corrected chi connectivity index (χ0v) is 13.4. The molecule has 0 aliphatic carbocycles. The zero-order chi connectivity index (χ0) is 14.6. The third kappa shape index (κ3) is 3.61. The summed E-state index contributed by atoms with van der Waals surface area (Å²) in [5.41, 5.74) is 2.34. The molecule has 106 valence electrons. The molecule has 2 heteroatoms. The van der Waals surface area contributed by atoms with Crippen molar-refractivity contribution in [2.45, 2.75) is 38.3 Å². The van der Waals surface area contributed by atoms with Gasteiger partial charge < -0.3 is 4.57 Å². The first kappa shape index (κ1) is 15.1. The van der Waals surface area contributed by atoms with Crippen LogP contribution in [0.4, 0.5) is 0 Å². The van der Waals surface area contributed by atoms with Crippen molar-refractivity contribution in [3.05, 3.63) is 71.8 Å². The lowest BCUT2D eigenvalue weighted by molar-refractivity contribution is 0.546. The highest BCUT2D eigenvalue weighted by Crippen LogP contribution is 2.62. The molecule has 1 nitrogen and oxygen atoms in total. The fourth-order valence-electron chi connectivity index (χ4n) is 2.29. The topological polar surface area (TPSA) is 17.1 Å². The number of benzene rings is 2. The zero-order valence-electron chi connectivity index (χ0n) is 12.5. The third-order valence-electron chi connectivity index (χ3n) is 3.78. The Morgan fingerprint density at radius 3 is 1.40 bits per heavy atom. The molecule has 0 saturated heterocycles. The molecule has 0 amide bonds. The molecule has 0 aliphatic rings. The first-order chi connectivity index (χ1) is 9.41. The highest BCUT2D eigenvalue weighted by molar-refractivity contribution is 7.63. The molecule has 0 heterocycles. The summed E-state index contributed by atoms with van der Waals surface area (Å²) in [5.74, 6) is 0. The molecule has 0 aromatic heterocycles. The van der Waals surface area contributed by atoms with Crippen molar-refractivity contribution in [2.75, 3.05) is 0 Å². The van der Waals surface area contributed by atoms with Gasteiger partial charge in [-0.1, -0.05) is 81.4 Å². The number of hydrogen-bond acceptors (Lipinski definition) is 1. The van der Waals surface area contributed by atoms with Gasteiger partial charge in [0.15, 0.2) is 0 Å².